The molecule has 0 radical (unpaired) electrons. The van der Waals surface area contributed by atoms with Crippen LogP contribution in [0.5, 0.6) is 0 Å². The summed E-state index contributed by atoms with van der Waals surface area (Å²) in [6, 6.07) is 0.269. The number of hydrogen-bond acceptors (Lipinski definition) is 4. The summed E-state index contributed by atoms with van der Waals surface area (Å²) in [7, 11) is 0. The fraction of sp³-hybridized carbons (Fsp3) is 0.923. The molecule has 0 aromatic rings. The fourth-order valence-electron chi connectivity index (χ4n) is 3.21. The highest BCUT2D eigenvalue weighted by Crippen LogP contribution is 2.37. The van der Waals surface area contributed by atoms with E-state index >= 15 is 0 Å². The van der Waals surface area contributed by atoms with Crippen LogP contribution in [0.2, 0.25) is 0 Å². The molecule has 98 valence electrons. The second-order valence-electron chi connectivity index (χ2n) is 5.21. The lowest BCUT2D eigenvalue weighted by Gasteiger charge is -2.37. The monoisotopic (exact) mass is 241 g/mol. The summed E-state index contributed by atoms with van der Waals surface area (Å²) in [5.41, 5.74) is -0.660. The number of aliphatic hydroxyl groups is 1. The van der Waals surface area contributed by atoms with Crippen molar-refractivity contribution in [3.8, 4) is 0 Å². The second-order valence-corrected chi connectivity index (χ2v) is 5.21. The van der Waals surface area contributed by atoms with E-state index in [0.29, 0.717) is 19.4 Å². The van der Waals surface area contributed by atoms with E-state index in [2.05, 4.69) is 4.90 Å². The molecule has 2 rings (SSSR count). The lowest BCUT2D eigenvalue weighted by atomic mass is 9.85. The summed E-state index contributed by atoms with van der Waals surface area (Å²) in [5, 5.41) is 10.7. The van der Waals surface area contributed by atoms with Gasteiger partial charge in [0.2, 0.25) is 0 Å². The molecule has 2 unspecified atom stereocenters. The molecule has 2 saturated heterocycles. The number of ether oxygens (including phenoxy) is 1. The van der Waals surface area contributed by atoms with Crippen LogP contribution in [0, 0.1) is 0 Å². The Bertz CT molecular complexity index is 282. The minimum atomic E-state index is -0.660. The van der Waals surface area contributed by atoms with Gasteiger partial charge in [-0.1, -0.05) is 6.42 Å². The zero-order chi connectivity index (χ0) is 12.3. The maximum atomic E-state index is 11.4. The van der Waals surface area contributed by atoms with Crippen LogP contribution in [0.15, 0.2) is 0 Å². The van der Waals surface area contributed by atoms with Gasteiger partial charge < -0.3 is 9.84 Å². The Kier molecular flexibility index (Phi) is 4.05. The van der Waals surface area contributed by atoms with E-state index in [1.807, 2.05) is 6.92 Å². The third-order valence-electron chi connectivity index (χ3n) is 4.13. The number of hydrogen-bond donors (Lipinski definition) is 1. The molecule has 2 aliphatic rings. The van der Waals surface area contributed by atoms with Crippen LogP contribution in [0.4, 0.5) is 0 Å². The van der Waals surface area contributed by atoms with E-state index in [1.54, 1.807) is 0 Å². The summed E-state index contributed by atoms with van der Waals surface area (Å²) in [6.45, 7) is 4.31. The molecule has 0 aromatic heterocycles. The summed E-state index contributed by atoms with van der Waals surface area (Å²) in [6.07, 6.45) is 5.20. The zero-order valence-electron chi connectivity index (χ0n) is 10.7. The molecule has 0 spiro atoms. The van der Waals surface area contributed by atoms with Gasteiger partial charge >= 0.3 is 5.97 Å². The molecule has 0 aromatic carbocycles. The average Bonchev–Trinajstić information content (AvgIpc) is 2.67. The van der Waals surface area contributed by atoms with E-state index < -0.39 is 5.60 Å². The summed E-state index contributed by atoms with van der Waals surface area (Å²) in [5.74, 6) is -0.185. The van der Waals surface area contributed by atoms with Gasteiger partial charge in [0.15, 0.2) is 0 Å². The van der Waals surface area contributed by atoms with E-state index in [0.717, 1.165) is 25.9 Å². The van der Waals surface area contributed by atoms with Gasteiger partial charge in [0, 0.05) is 19.0 Å². The molecule has 0 amide bonds. The third-order valence-corrected chi connectivity index (χ3v) is 4.13. The molecular weight excluding hydrogens is 218 g/mol. The van der Waals surface area contributed by atoms with Crippen molar-refractivity contribution in [3.63, 3.8) is 0 Å². The molecule has 2 heterocycles. The van der Waals surface area contributed by atoms with Crippen LogP contribution < -0.4 is 0 Å². The van der Waals surface area contributed by atoms with Crippen LogP contribution >= 0.6 is 0 Å². The quantitative estimate of drug-likeness (QED) is 0.754. The van der Waals surface area contributed by atoms with Gasteiger partial charge in [-0.3, -0.25) is 9.69 Å². The van der Waals surface area contributed by atoms with Crippen molar-refractivity contribution in [2.45, 2.75) is 57.1 Å². The minimum absolute atomic E-state index is 0.185. The SMILES string of the molecule is CCOC(=O)CCC1(O)CCN2CCCCC21. The number of rotatable bonds is 4. The van der Waals surface area contributed by atoms with E-state index in [-0.39, 0.29) is 12.0 Å². The number of esters is 1. The normalized spacial score (nSPS) is 33.4. The highest BCUT2D eigenvalue weighted by molar-refractivity contribution is 5.69. The Morgan fingerprint density at radius 1 is 1.47 bits per heavy atom. The third kappa shape index (κ3) is 2.80. The second kappa shape index (κ2) is 5.36. The molecule has 2 fully saturated rings. The number of fused-ring (bicyclic) bond motifs is 1. The van der Waals surface area contributed by atoms with Crippen LogP contribution in [0.3, 0.4) is 0 Å². The number of piperidine rings is 1. The van der Waals surface area contributed by atoms with Crippen molar-refractivity contribution in [3.05, 3.63) is 0 Å². The molecule has 1 N–H and O–H groups in total. The molecule has 4 nitrogen and oxygen atoms in total. The van der Waals surface area contributed by atoms with Crippen molar-refractivity contribution in [1.82, 2.24) is 4.90 Å². The first-order valence-electron chi connectivity index (χ1n) is 6.78. The van der Waals surface area contributed by atoms with E-state index in [4.69, 9.17) is 4.74 Å². The van der Waals surface area contributed by atoms with Crippen LogP contribution in [-0.2, 0) is 9.53 Å². The molecule has 2 aliphatic heterocycles. The first kappa shape index (κ1) is 12.8. The fourth-order valence-corrected chi connectivity index (χ4v) is 3.21. The first-order chi connectivity index (χ1) is 8.15. The van der Waals surface area contributed by atoms with Gasteiger partial charge in [0.05, 0.1) is 12.2 Å². The molecule has 4 heteroatoms. The topological polar surface area (TPSA) is 49.8 Å². The maximum absolute atomic E-state index is 11.4. The van der Waals surface area contributed by atoms with E-state index in [1.165, 1.54) is 12.8 Å². The molecule has 0 bridgehead atoms. The predicted molar refractivity (Wildman–Crippen MR) is 64.6 cm³/mol. The zero-order valence-corrected chi connectivity index (χ0v) is 10.7. The number of nitrogens with zero attached hydrogens (tertiary/aromatic N) is 1. The Morgan fingerprint density at radius 3 is 3.06 bits per heavy atom. The molecule has 17 heavy (non-hydrogen) atoms. The minimum Gasteiger partial charge on any atom is -0.466 e. The smallest absolute Gasteiger partial charge is 0.305 e. The van der Waals surface area contributed by atoms with Crippen LogP contribution in [-0.4, -0.2) is 47.3 Å². The largest absolute Gasteiger partial charge is 0.466 e. The van der Waals surface area contributed by atoms with Gasteiger partial charge in [-0.2, -0.15) is 0 Å². The summed E-state index contributed by atoms with van der Waals surface area (Å²) >= 11 is 0. The van der Waals surface area contributed by atoms with Crippen molar-refractivity contribution in [2.24, 2.45) is 0 Å². The number of carbonyl (C=O) groups is 1. The maximum Gasteiger partial charge on any atom is 0.305 e. The van der Waals surface area contributed by atoms with Gasteiger partial charge in [-0.05, 0) is 39.2 Å². The predicted octanol–water partition coefficient (Wildman–Crippen LogP) is 1.32. The van der Waals surface area contributed by atoms with Gasteiger partial charge in [-0.25, -0.2) is 0 Å². The van der Waals surface area contributed by atoms with Gasteiger partial charge in [0.25, 0.3) is 0 Å². The summed E-state index contributed by atoms with van der Waals surface area (Å²) in [4.78, 5) is 13.7. The Labute approximate surface area is 103 Å². The van der Waals surface area contributed by atoms with Gasteiger partial charge in [-0.15, -0.1) is 0 Å². The highest BCUT2D eigenvalue weighted by Gasteiger charge is 2.46. The van der Waals surface area contributed by atoms with E-state index in [9.17, 15) is 9.90 Å². The molecule has 0 aliphatic carbocycles. The standard InChI is InChI=1S/C13H23NO3/c1-2-17-12(15)6-7-13(16)8-10-14-9-4-3-5-11(13)14/h11,16H,2-10H2,1H3. The molecular formula is C13H23NO3. The van der Waals surface area contributed by atoms with Gasteiger partial charge in [0.1, 0.15) is 0 Å². The average molecular weight is 241 g/mol. The lowest BCUT2D eigenvalue weighted by molar-refractivity contribution is -0.145. The first-order valence-corrected chi connectivity index (χ1v) is 6.78. The molecule has 2 atom stereocenters. The van der Waals surface area contributed by atoms with Crippen LogP contribution in [0.1, 0.15) is 45.4 Å². The highest BCUT2D eigenvalue weighted by atomic mass is 16.5. The Balaban J connectivity index is 1.88. The number of carbonyl (C=O) groups excluding carboxylic acids is 1. The lowest BCUT2D eigenvalue weighted by Crippen LogP contribution is -2.47. The van der Waals surface area contributed by atoms with Crippen molar-refractivity contribution in [2.75, 3.05) is 19.7 Å². The van der Waals surface area contributed by atoms with Crippen molar-refractivity contribution in [1.29, 1.82) is 0 Å². The molecule has 0 saturated carbocycles. The van der Waals surface area contributed by atoms with Crippen molar-refractivity contribution >= 4 is 5.97 Å². The Hall–Kier alpha value is -0.610. The Morgan fingerprint density at radius 2 is 2.29 bits per heavy atom. The summed E-state index contributed by atoms with van der Waals surface area (Å²) < 4.78 is 4.92. The van der Waals surface area contributed by atoms with Crippen molar-refractivity contribution < 1.29 is 14.6 Å². The van der Waals surface area contributed by atoms with Crippen LogP contribution in [0.25, 0.3) is 0 Å².